The van der Waals surface area contributed by atoms with E-state index in [0.717, 1.165) is 12.5 Å². The Morgan fingerprint density at radius 1 is 1.38 bits per heavy atom. The van der Waals surface area contributed by atoms with Crippen LogP contribution in [0.15, 0.2) is 23.1 Å². The summed E-state index contributed by atoms with van der Waals surface area (Å²) in [5.74, 6) is -0.534. The van der Waals surface area contributed by atoms with E-state index in [-0.39, 0.29) is 22.8 Å². The second-order valence-corrected chi connectivity index (χ2v) is 8.54. The first-order valence-corrected chi connectivity index (χ1v) is 8.49. The van der Waals surface area contributed by atoms with Crippen molar-refractivity contribution in [3.63, 3.8) is 0 Å². The number of hydrogen-bond acceptors (Lipinski definition) is 3. The van der Waals surface area contributed by atoms with Crippen molar-refractivity contribution in [3.8, 4) is 0 Å². The lowest BCUT2D eigenvalue weighted by atomic mass is 9.80. The van der Waals surface area contributed by atoms with E-state index >= 15 is 0 Å². The Morgan fingerprint density at radius 3 is 2.52 bits per heavy atom. The minimum absolute atomic E-state index is 0.0313. The molecule has 0 bridgehead atoms. The Labute approximate surface area is 125 Å². The fourth-order valence-electron chi connectivity index (χ4n) is 2.64. The predicted molar refractivity (Wildman–Crippen MR) is 78.6 cm³/mol. The van der Waals surface area contributed by atoms with E-state index in [9.17, 15) is 12.8 Å². The summed E-state index contributed by atoms with van der Waals surface area (Å²) in [5.41, 5.74) is 0.393. The van der Waals surface area contributed by atoms with E-state index in [1.165, 1.54) is 16.4 Å². The van der Waals surface area contributed by atoms with Crippen molar-refractivity contribution < 1.29 is 17.9 Å². The van der Waals surface area contributed by atoms with Gasteiger partial charge in [0.05, 0.1) is 6.61 Å². The van der Waals surface area contributed by atoms with Crippen molar-refractivity contribution in [2.75, 3.05) is 13.1 Å². The zero-order valence-corrected chi connectivity index (χ0v) is 13.5. The predicted octanol–water partition coefficient (Wildman–Crippen LogP) is 2.37. The minimum atomic E-state index is -3.81. The summed E-state index contributed by atoms with van der Waals surface area (Å²) in [4.78, 5) is -0.311. The maximum Gasteiger partial charge on any atom is 0.245 e. The van der Waals surface area contributed by atoms with Gasteiger partial charge in [-0.15, -0.1) is 0 Å². The number of nitrogens with zero attached hydrogens (tertiary/aromatic N) is 1. The maximum atomic E-state index is 14.0. The van der Waals surface area contributed by atoms with Crippen LogP contribution in [0.3, 0.4) is 0 Å². The highest BCUT2D eigenvalue weighted by Crippen LogP contribution is 2.36. The van der Waals surface area contributed by atoms with Crippen LogP contribution in [0.4, 0.5) is 4.39 Å². The lowest BCUT2D eigenvalue weighted by molar-refractivity contribution is 0.251. The molecule has 0 radical (unpaired) electrons. The molecule has 1 aromatic carbocycles. The monoisotopic (exact) mass is 315 g/mol. The maximum absolute atomic E-state index is 14.0. The van der Waals surface area contributed by atoms with Gasteiger partial charge in [0.1, 0.15) is 10.7 Å². The lowest BCUT2D eigenvalue weighted by Crippen LogP contribution is -2.31. The molecule has 1 saturated heterocycles. The third kappa shape index (κ3) is 3.27. The molecule has 2 rings (SSSR count). The number of aliphatic hydroxyl groups is 1. The average molecular weight is 315 g/mol. The number of aliphatic hydroxyl groups excluding tert-OH is 1. The van der Waals surface area contributed by atoms with Gasteiger partial charge in [-0.1, -0.05) is 26.8 Å². The van der Waals surface area contributed by atoms with Gasteiger partial charge in [-0.05, 0) is 35.4 Å². The Balaban J connectivity index is 2.28. The van der Waals surface area contributed by atoms with Crippen LogP contribution < -0.4 is 0 Å². The fraction of sp³-hybridized carbons (Fsp3) is 0.600. The SMILES string of the molecule is CC(C)(C)C1CCN(S(=O)(=O)c2ccc(CO)cc2F)C1. The molecule has 1 aliphatic heterocycles. The highest BCUT2D eigenvalue weighted by molar-refractivity contribution is 7.89. The second-order valence-electron chi connectivity index (χ2n) is 6.64. The van der Waals surface area contributed by atoms with E-state index in [4.69, 9.17) is 5.11 Å². The quantitative estimate of drug-likeness (QED) is 0.931. The topological polar surface area (TPSA) is 57.6 Å². The van der Waals surface area contributed by atoms with Gasteiger partial charge in [0.15, 0.2) is 0 Å². The highest BCUT2D eigenvalue weighted by Gasteiger charge is 2.38. The normalized spacial score (nSPS) is 20.9. The van der Waals surface area contributed by atoms with Crippen LogP contribution in [0, 0.1) is 17.2 Å². The van der Waals surface area contributed by atoms with E-state index in [2.05, 4.69) is 20.8 Å². The van der Waals surface area contributed by atoms with E-state index in [0.29, 0.717) is 18.7 Å². The Morgan fingerprint density at radius 2 is 2.05 bits per heavy atom. The molecule has 1 aliphatic rings. The molecule has 1 unspecified atom stereocenters. The number of benzene rings is 1. The second kappa shape index (κ2) is 5.66. The largest absolute Gasteiger partial charge is 0.392 e. The minimum Gasteiger partial charge on any atom is -0.392 e. The summed E-state index contributed by atoms with van der Waals surface area (Å²) in [6.45, 7) is 6.80. The third-order valence-electron chi connectivity index (χ3n) is 4.17. The van der Waals surface area contributed by atoms with Crippen molar-refractivity contribution in [1.29, 1.82) is 0 Å². The smallest absolute Gasteiger partial charge is 0.245 e. The first-order chi connectivity index (χ1) is 9.66. The van der Waals surface area contributed by atoms with Crippen LogP contribution in [0.5, 0.6) is 0 Å². The molecule has 0 amide bonds. The highest BCUT2D eigenvalue weighted by atomic mass is 32.2. The third-order valence-corrected chi connectivity index (χ3v) is 6.07. The molecule has 1 fully saturated rings. The van der Waals surface area contributed by atoms with Crippen molar-refractivity contribution in [1.82, 2.24) is 4.31 Å². The van der Waals surface area contributed by atoms with Crippen LogP contribution in [0.2, 0.25) is 0 Å². The number of halogens is 1. The standard InChI is InChI=1S/C15H22FNO3S/c1-15(2,3)12-6-7-17(9-12)21(19,20)14-5-4-11(10-18)8-13(14)16/h4-5,8,12,18H,6-7,9-10H2,1-3H3. The number of sulfonamides is 1. The summed E-state index contributed by atoms with van der Waals surface area (Å²) >= 11 is 0. The van der Waals surface area contributed by atoms with E-state index in [1.807, 2.05) is 0 Å². The first-order valence-electron chi connectivity index (χ1n) is 7.05. The van der Waals surface area contributed by atoms with Crippen molar-refractivity contribution in [2.45, 2.75) is 38.7 Å². The average Bonchev–Trinajstić information content (AvgIpc) is 2.88. The summed E-state index contributed by atoms with van der Waals surface area (Å²) in [7, 11) is -3.81. The van der Waals surface area contributed by atoms with Gasteiger partial charge in [0.2, 0.25) is 10.0 Å². The first kappa shape index (κ1) is 16.4. The molecular weight excluding hydrogens is 293 g/mol. The van der Waals surface area contributed by atoms with Gasteiger partial charge in [-0.3, -0.25) is 0 Å². The lowest BCUT2D eigenvalue weighted by Gasteiger charge is -2.26. The van der Waals surface area contributed by atoms with Crippen LogP contribution >= 0.6 is 0 Å². The zero-order chi connectivity index (χ0) is 15.8. The molecule has 21 heavy (non-hydrogen) atoms. The Kier molecular flexibility index (Phi) is 4.42. The van der Waals surface area contributed by atoms with Gasteiger partial charge in [-0.25, -0.2) is 12.8 Å². The van der Waals surface area contributed by atoms with E-state index in [1.54, 1.807) is 0 Å². The van der Waals surface area contributed by atoms with Crippen molar-refractivity contribution in [3.05, 3.63) is 29.6 Å². The van der Waals surface area contributed by atoms with Gasteiger partial charge in [0.25, 0.3) is 0 Å². The van der Waals surface area contributed by atoms with Crippen LogP contribution in [-0.4, -0.2) is 30.9 Å². The zero-order valence-electron chi connectivity index (χ0n) is 12.6. The van der Waals surface area contributed by atoms with Crippen molar-refractivity contribution >= 4 is 10.0 Å². The molecule has 0 aliphatic carbocycles. The molecule has 6 heteroatoms. The molecule has 1 heterocycles. The van der Waals surface area contributed by atoms with Gasteiger partial charge in [0, 0.05) is 13.1 Å². The summed E-state index contributed by atoms with van der Waals surface area (Å²) in [6.07, 6.45) is 0.791. The van der Waals surface area contributed by atoms with Crippen LogP contribution in [0.1, 0.15) is 32.8 Å². The van der Waals surface area contributed by atoms with Crippen LogP contribution in [-0.2, 0) is 16.6 Å². The van der Waals surface area contributed by atoms with E-state index < -0.39 is 15.8 Å². The Bertz CT molecular complexity index is 622. The molecule has 4 nitrogen and oxygen atoms in total. The molecule has 1 atom stereocenters. The molecule has 118 valence electrons. The summed E-state index contributed by atoms with van der Waals surface area (Å²) in [6, 6.07) is 3.75. The molecule has 1 aromatic rings. The molecule has 0 aromatic heterocycles. The summed E-state index contributed by atoms with van der Waals surface area (Å²) in [5, 5.41) is 8.96. The summed E-state index contributed by atoms with van der Waals surface area (Å²) < 4.78 is 40.5. The Hall–Kier alpha value is -0.980. The number of hydrogen-bond donors (Lipinski definition) is 1. The fourth-order valence-corrected chi connectivity index (χ4v) is 4.19. The van der Waals surface area contributed by atoms with Gasteiger partial charge in [-0.2, -0.15) is 4.31 Å². The van der Waals surface area contributed by atoms with Gasteiger partial charge < -0.3 is 5.11 Å². The van der Waals surface area contributed by atoms with Crippen LogP contribution in [0.25, 0.3) is 0 Å². The number of rotatable bonds is 3. The molecule has 0 spiro atoms. The molecule has 1 N–H and O–H groups in total. The molecular formula is C15H22FNO3S. The van der Waals surface area contributed by atoms with Gasteiger partial charge >= 0.3 is 0 Å². The molecule has 0 saturated carbocycles. The van der Waals surface area contributed by atoms with Crippen molar-refractivity contribution in [2.24, 2.45) is 11.3 Å².